The smallest absolute Gasteiger partial charge is 0.276 e. The van der Waals surface area contributed by atoms with Gasteiger partial charge in [-0.25, -0.2) is 0 Å². The van der Waals surface area contributed by atoms with E-state index < -0.39 is 0 Å². The van der Waals surface area contributed by atoms with Gasteiger partial charge in [-0.15, -0.1) is 0 Å². The normalized spacial score (nSPS) is 12.0. The number of amides is 1. The van der Waals surface area contributed by atoms with Gasteiger partial charge >= 0.3 is 0 Å². The molecule has 2 aromatic rings. The summed E-state index contributed by atoms with van der Waals surface area (Å²) in [6.07, 6.45) is 0. The average molecular weight is 304 g/mol. The Hall–Kier alpha value is -2.34. The first kappa shape index (κ1) is 16.0. The molecule has 1 amide bonds. The Morgan fingerprint density at radius 3 is 2.77 bits per heavy atom. The van der Waals surface area contributed by atoms with Gasteiger partial charge in [0.1, 0.15) is 5.75 Å². The number of carbonyl (C=O) groups is 1. The summed E-state index contributed by atoms with van der Waals surface area (Å²) in [5.74, 6) is 0.946. The predicted octanol–water partition coefficient (Wildman–Crippen LogP) is 2.46. The molecule has 118 valence electrons. The second-order valence-corrected chi connectivity index (χ2v) is 5.00. The summed E-state index contributed by atoms with van der Waals surface area (Å²) in [5.41, 5.74) is 1.01. The fraction of sp³-hybridized carbons (Fsp3) is 0.375. The highest BCUT2D eigenvalue weighted by molar-refractivity contribution is 5.93. The molecule has 0 unspecified atom stereocenters. The van der Waals surface area contributed by atoms with Crippen LogP contribution in [0.4, 0.5) is 0 Å². The molecule has 22 heavy (non-hydrogen) atoms. The van der Waals surface area contributed by atoms with Crippen molar-refractivity contribution in [1.82, 2.24) is 10.1 Å². The number of hydrogen-bond acceptors (Lipinski definition) is 5. The van der Waals surface area contributed by atoms with Crippen LogP contribution < -0.4 is 4.74 Å². The highest BCUT2D eigenvalue weighted by atomic mass is 16.5. The number of carbonyl (C=O) groups excluding carboxylic acids is 1. The first-order valence-electron chi connectivity index (χ1n) is 6.94. The summed E-state index contributed by atoms with van der Waals surface area (Å²) in [6.45, 7) is 2.36. The average Bonchev–Trinajstić information content (AvgIpc) is 3.03. The number of methoxy groups -OCH3 is 2. The first-order valence-corrected chi connectivity index (χ1v) is 6.94. The molecule has 0 saturated heterocycles. The second kappa shape index (κ2) is 7.09. The van der Waals surface area contributed by atoms with Gasteiger partial charge in [0.05, 0.1) is 25.3 Å². The lowest BCUT2D eigenvalue weighted by molar-refractivity contribution is 0.0624. The fourth-order valence-corrected chi connectivity index (χ4v) is 2.08. The van der Waals surface area contributed by atoms with Crippen molar-refractivity contribution in [3.8, 4) is 17.1 Å². The Morgan fingerprint density at radius 2 is 2.09 bits per heavy atom. The molecule has 0 aliphatic carbocycles. The summed E-state index contributed by atoms with van der Waals surface area (Å²) < 4.78 is 15.6. The van der Waals surface area contributed by atoms with Gasteiger partial charge in [0.2, 0.25) is 0 Å². The lowest BCUT2D eigenvalue weighted by atomic mass is 10.1. The molecule has 0 spiro atoms. The fourth-order valence-electron chi connectivity index (χ4n) is 2.08. The standard InChI is InChI=1S/C16H20N2O4/c1-11(10-20-3)18(2)16(19)13-9-15(22-17-13)12-7-5-6-8-14(12)21-4/h5-9,11H,10H2,1-4H3/t11-/m1/s1. The third-order valence-electron chi connectivity index (χ3n) is 3.49. The zero-order chi connectivity index (χ0) is 16.1. The molecule has 2 rings (SSSR count). The van der Waals surface area contributed by atoms with Crippen molar-refractivity contribution in [3.05, 3.63) is 36.0 Å². The maximum atomic E-state index is 12.4. The van der Waals surface area contributed by atoms with Gasteiger partial charge in [-0.1, -0.05) is 17.3 Å². The minimum atomic E-state index is -0.213. The van der Waals surface area contributed by atoms with Crippen molar-refractivity contribution in [2.75, 3.05) is 27.9 Å². The van der Waals surface area contributed by atoms with E-state index in [1.54, 1.807) is 32.2 Å². The van der Waals surface area contributed by atoms with E-state index in [0.29, 0.717) is 18.1 Å². The zero-order valence-corrected chi connectivity index (χ0v) is 13.2. The van der Waals surface area contributed by atoms with Gasteiger partial charge in [-0.3, -0.25) is 4.79 Å². The molecule has 0 N–H and O–H groups in total. The molecule has 0 saturated carbocycles. The molecule has 0 bridgehead atoms. The highest BCUT2D eigenvalue weighted by Crippen LogP contribution is 2.30. The third kappa shape index (κ3) is 3.28. The number of ether oxygens (including phenoxy) is 2. The summed E-state index contributed by atoms with van der Waals surface area (Å²) in [7, 11) is 4.90. The molecule has 1 aromatic carbocycles. The van der Waals surface area contributed by atoms with Crippen molar-refractivity contribution in [3.63, 3.8) is 0 Å². The van der Waals surface area contributed by atoms with Gasteiger partial charge in [0.25, 0.3) is 5.91 Å². The molecule has 1 atom stereocenters. The predicted molar refractivity (Wildman–Crippen MR) is 81.9 cm³/mol. The number of aromatic nitrogens is 1. The second-order valence-electron chi connectivity index (χ2n) is 5.00. The van der Waals surface area contributed by atoms with E-state index in [-0.39, 0.29) is 17.6 Å². The number of likely N-dealkylation sites (N-methyl/N-ethyl adjacent to an activating group) is 1. The lowest BCUT2D eigenvalue weighted by Gasteiger charge is -2.23. The molecular weight excluding hydrogens is 284 g/mol. The Kier molecular flexibility index (Phi) is 5.16. The van der Waals surface area contributed by atoms with Crippen LogP contribution in [0.15, 0.2) is 34.9 Å². The maximum absolute atomic E-state index is 12.4. The molecule has 0 aliphatic heterocycles. The van der Waals surface area contributed by atoms with Gasteiger partial charge in [-0.05, 0) is 19.1 Å². The van der Waals surface area contributed by atoms with E-state index in [0.717, 1.165) is 5.56 Å². The van der Waals surface area contributed by atoms with Crippen LogP contribution in [0.2, 0.25) is 0 Å². The number of benzene rings is 1. The summed E-state index contributed by atoms with van der Waals surface area (Å²) in [5, 5.41) is 3.87. The molecule has 6 heteroatoms. The van der Waals surface area contributed by atoms with E-state index in [2.05, 4.69) is 5.16 Å². The van der Waals surface area contributed by atoms with Gasteiger partial charge in [0.15, 0.2) is 11.5 Å². The van der Waals surface area contributed by atoms with Crippen molar-refractivity contribution in [2.45, 2.75) is 13.0 Å². The largest absolute Gasteiger partial charge is 0.496 e. The first-order chi connectivity index (χ1) is 10.6. The minimum Gasteiger partial charge on any atom is -0.496 e. The number of hydrogen-bond donors (Lipinski definition) is 0. The number of rotatable bonds is 6. The van der Waals surface area contributed by atoms with Crippen molar-refractivity contribution < 1.29 is 18.8 Å². The maximum Gasteiger partial charge on any atom is 0.276 e. The van der Waals surface area contributed by atoms with Crippen LogP contribution in [0.25, 0.3) is 11.3 Å². The van der Waals surface area contributed by atoms with E-state index in [9.17, 15) is 4.79 Å². The molecule has 1 aromatic heterocycles. The van der Waals surface area contributed by atoms with Gasteiger partial charge < -0.3 is 18.9 Å². The molecule has 0 fully saturated rings. The van der Waals surface area contributed by atoms with Crippen molar-refractivity contribution in [1.29, 1.82) is 0 Å². The van der Waals surface area contributed by atoms with Crippen LogP contribution in [0.3, 0.4) is 0 Å². The zero-order valence-electron chi connectivity index (χ0n) is 13.2. The lowest BCUT2D eigenvalue weighted by Crippen LogP contribution is -2.37. The topological polar surface area (TPSA) is 64.8 Å². The number of nitrogens with zero attached hydrogens (tertiary/aromatic N) is 2. The van der Waals surface area contributed by atoms with Crippen LogP contribution in [0, 0.1) is 0 Å². The summed E-state index contributed by atoms with van der Waals surface area (Å²) in [6, 6.07) is 8.98. The van der Waals surface area contributed by atoms with Crippen LogP contribution >= 0.6 is 0 Å². The van der Waals surface area contributed by atoms with E-state index in [4.69, 9.17) is 14.0 Å². The van der Waals surface area contributed by atoms with Crippen LogP contribution in [0.5, 0.6) is 5.75 Å². The van der Waals surface area contributed by atoms with Crippen molar-refractivity contribution in [2.24, 2.45) is 0 Å². The Bertz CT molecular complexity index is 639. The van der Waals surface area contributed by atoms with E-state index in [1.807, 2.05) is 31.2 Å². The van der Waals surface area contributed by atoms with Crippen LogP contribution in [-0.4, -0.2) is 49.9 Å². The quantitative estimate of drug-likeness (QED) is 0.820. The van der Waals surface area contributed by atoms with Crippen LogP contribution in [0.1, 0.15) is 17.4 Å². The minimum absolute atomic E-state index is 0.0519. The number of para-hydroxylation sites is 1. The molecule has 0 radical (unpaired) electrons. The monoisotopic (exact) mass is 304 g/mol. The SMILES string of the molecule is COC[C@@H](C)N(C)C(=O)c1cc(-c2ccccc2OC)on1. The molecular formula is C16H20N2O4. The molecule has 1 heterocycles. The van der Waals surface area contributed by atoms with E-state index >= 15 is 0 Å². The highest BCUT2D eigenvalue weighted by Gasteiger charge is 2.22. The van der Waals surface area contributed by atoms with Gasteiger partial charge in [-0.2, -0.15) is 0 Å². The summed E-state index contributed by atoms with van der Waals surface area (Å²) >= 11 is 0. The van der Waals surface area contributed by atoms with Gasteiger partial charge in [0, 0.05) is 20.2 Å². The molecule has 6 nitrogen and oxygen atoms in total. The summed E-state index contributed by atoms with van der Waals surface area (Å²) in [4.78, 5) is 14.0. The Labute approximate surface area is 129 Å². The van der Waals surface area contributed by atoms with Crippen LogP contribution in [-0.2, 0) is 4.74 Å². The third-order valence-corrected chi connectivity index (χ3v) is 3.49. The Morgan fingerprint density at radius 1 is 1.36 bits per heavy atom. The Balaban J connectivity index is 2.23. The molecule has 0 aliphatic rings. The van der Waals surface area contributed by atoms with E-state index in [1.165, 1.54) is 0 Å². The van der Waals surface area contributed by atoms with Crippen molar-refractivity contribution >= 4 is 5.91 Å².